The van der Waals surface area contributed by atoms with Gasteiger partial charge in [0.2, 0.25) is 5.91 Å². The van der Waals surface area contributed by atoms with E-state index >= 15 is 0 Å². The first-order valence-corrected chi connectivity index (χ1v) is 6.69. The van der Waals surface area contributed by atoms with Gasteiger partial charge in [-0.1, -0.05) is 6.92 Å². The van der Waals surface area contributed by atoms with Gasteiger partial charge in [-0.2, -0.15) is 0 Å². The van der Waals surface area contributed by atoms with E-state index in [4.69, 9.17) is 9.84 Å². The Morgan fingerprint density at radius 1 is 1.28 bits per heavy atom. The second-order valence-electron chi connectivity index (χ2n) is 5.33. The van der Waals surface area contributed by atoms with E-state index in [9.17, 15) is 9.59 Å². The molecule has 0 radical (unpaired) electrons. The summed E-state index contributed by atoms with van der Waals surface area (Å²) in [5.41, 5.74) is 0. The average molecular weight is 255 g/mol. The topological polar surface area (TPSA) is 66.8 Å². The molecule has 2 fully saturated rings. The molecule has 102 valence electrons. The molecule has 1 saturated heterocycles. The van der Waals surface area contributed by atoms with Crippen LogP contribution in [0.2, 0.25) is 0 Å². The summed E-state index contributed by atoms with van der Waals surface area (Å²) in [7, 11) is 0. The fourth-order valence-electron chi connectivity index (χ4n) is 2.60. The third-order valence-corrected chi connectivity index (χ3v) is 3.94. The van der Waals surface area contributed by atoms with Crippen molar-refractivity contribution in [2.45, 2.75) is 38.6 Å². The standard InChI is InChI=1S/C13H21NO4/c1-9(10-4-6-18-7-5-10)13(17)14(8-12(15)16)11-2-3-11/h9-11H,2-8H2,1H3,(H,15,16). The Balaban J connectivity index is 1.95. The molecule has 1 amide bonds. The Morgan fingerprint density at radius 3 is 2.39 bits per heavy atom. The predicted octanol–water partition coefficient (Wildman–Crippen LogP) is 1.12. The predicted molar refractivity (Wildman–Crippen MR) is 65.1 cm³/mol. The van der Waals surface area contributed by atoms with Crippen molar-refractivity contribution < 1.29 is 19.4 Å². The van der Waals surface area contributed by atoms with Crippen LogP contribution in [0.5, 0.6) is 0 Å². The molecule has 1 heterocycles. The molecule has 1 atom stereocenters. The van der Waals surface area contributed by atoms with Crippen LogP contribution >= 0.6 is 0 Å². The molecule has 1 aliphatic heterocycles. The molecule has 18 heavy (non-hydrogen) atoms. The molecular weight excluding hydrogens is 234 g/mol. The lowest BCUT2D eigenvalue weighted by Crippen LogP contribution is -2.43. The normalized spacial score (nSPS) is 22.5. The third-order valence-electron chi connectivity index (χ3n) is 3.94. The summed E-state index contributed by atoms with van der Waals surface area (Å²) in [6.45, 7) is 3.20. The number of carbonyl (C=O) groups is 2. The van der Waals surface area contributed by atoms with E-state index in [0.29, 0.717) is 19.1 Å². The molecule has 0 aromatic rings. The maximum Gasteiger partial charge on any atom is 0.323 e. The summed E-state index contributed by atoms with van der Waals surface area (Å²) >= 11 is 0. The lowest BCUT2D eigenvalue weighted by atomic mass is 9.86. The van der Waals surface area contributed by atoms with E-state index < -0.39 is 5.97 Å². The number of aliphatic carboxylic acids is 1. The van der Waals surface area contributed by atoms with E-state index in [0.717, 1.165) is 25.7 Å². The maximum absolute atomic E-state index is 12.4. The first-order valence-electron chi connectivity index (χ1n) is 6.69. The molecule has 0 bridgehead atoms. The monoisotopic (exact) mass is 255 g/mol. The molecule has 0 aromatic carbocycles. The highest BCUT2D eigenvalue weighted by Gasteiger charge is 2.38. The molecule has 1 saturated carbocycles. The summed E-state index contributed by atoms with van der Waals surface area (Å²) < 4.78 is 5.30. The minimum absolute atomic E-state index is 0.00630. The van der Waals surface area contributed by atoms with Gasteiger partial charge in [-0.3, -0.25) is 9.59 Å². The molecule has 5 nitrogen and oxygen atoms in total. The Morgan fingerprint density at radius 2 is 1.89 bits per heavy atom. The van der Waals surface area contributed by atoms with Crippen LogP contribution in [0.25, 0.3) is 0 Å². The van der Waals surface area contributed by atoms with Crippen LogP contribution in [-0.4, -0.2) is 47.7 Å². The quantitative estimate of drug-likeness (QED) is 0.799. The van der Waals surface area contributed by atoms with Crippen LogP contribution in [0.15, 0.2) is 0 Å². The summed E-state index contributed by atoms with van der Waals surface area (Å²) in [6.07, 6.45) is 3.69. The lowest BCUT2D eigenvalue weighted by molar-refractivity contribution is -0.148. The SMILES string of the molecule is CC(C(=O)N(CC(=O)O)C1CC1)C1CCOCC1. The van der Waals surface area contributed by atoms with Gasteiger partial charge in [0.1, 0.15) is 6.54 Å². The average Bonchev–Trinajstić information content (AvgIpc) is 3.19. The highest BCUT2D eigenvalue weighted by atomic mass is 16.5. The fraction of sp³-hybridized carbons (Fsp3) is 0.846. The smallest absolute Gasteiger partial charge is 0.323 e. The first-order chi connectivity index (χ1) is 8.59. The Kier molecular flexibility index (Phi) is 4.22. The van der Waals surface area contributed by atoms with Crippen molar-refractivity contribution in [1.82, 2.24) is 4.90 Å². The van der Waals surface area contributed by atoms with Gasteiger partial charge in [0, 0.05) is 25.2 Å². The second-order valence-corrected chi connectivity index (χ2v) is 5.33. The molecule has 0 aromatic heterocycles. The van der Waals surface area contributed by atoms with Gasteiger partial charge in [-0.05, 0) is 31.6 Å². The van der Waals surface area contributed by atoms with Crippen molar-refractivity contribution in [3.63, 3.8) is 0 Å². The minimum atomic E-state index is -0.922. The number of amides is 1. The van der Waals surface area contributed by atoms with E-state index in [2.05, 4.69) is 0 Å². The van der Waals surface area contributed by atoms with Gasteiger partial charge >= 0.3 is 5.97 Å². The molecule has 2 rings (SSSR count). The number of hydrogen-bond donors (Lipinski definition) is 1. The Bertz CT molecular complexity index is 321. The Hall–Kier alpha value is -1.10. The van der Waals surface area contributed by atoms with Crippen LogP contribution in [-0.2, 0) is 14.3 Å². The van der Waals surface area contributed by atoms with Crippen molar-refractivity contribution in [3.05, 3.63) is 0 Å². The van der Waals surface area contributed by atoms with Crippen LogP contribution in [0.4, 0.5) is 0 Å². The largest absolute Gasteiger partial charge is 0.480 e. The number of carboxylic acids is 1. The molecule has 1 unspecified atom stereocenters. The van der Waals surface area contributed by atoms with Crippen LogP contribution in [0, 0.1) is 11.8 Å². The van der Waals surface area contributed by atoms with Gasteiger partial charge in [-0.25, -0.2) is 0 Å². The van der Waals surface area contributed by atoms with Gasteiger partial charge in [0.15, 0.2) is 0 Å². The summed E-state index contributed by atoms with van der Waals surface area (Å²) in [4.78, 5) is 24.8. The summed E-state index contributed by atoms with van der Waals surface area (Å²) in [5, 5.41) is 8.89. The van der Waals surface area contributed by atoms with Crippen LogP contribution < -0.4 is 0 Å². The van der Waals surface area contributed by atoms with Gasteiger partial charge in [0.05, 0.1) is 0 Å². The number of ether oxygens (including phenoxy) is 1. The van der Waals surface area contributed by atoms with E-state index in [1.54, 1.807) is 4.90 Å². The minimum Gasteiger partial charge on any atom is -0.480 e. The number of nitrogens with zero attached hydrogens (tertiary/aromatic N) is 1. The zero-order chi connectivity index (χ0) is 13.1. The lowest BCUT2D eigenvalue weighted by Gasteiger charge is -2.31. The number of hydrogen-bond acceptors (Lipinski definition) is 3. The number of carboxylic acid groups (broad SMARTS) is 1. The van der Waals surface area contributed by atoms with Crippen molar-refractivity contribution in [2.24, 2.45) is 11.8 Å². The van der Waals surface area contributed by atoms with Crippen LogP contribution in [0.3, 0.4) is 0 Å². The summed E-state index contributed by atoms with van der Waals surface area (Å²) in [5.74, 6) is -0.670. The van der Waals surface area contributed by atoms with Crippen molar-refractivity contribution in [3.8, 4) is 0 Å². The number of carbonyl (C=O) groups excluding carboxylic acids is 1. The first kappa shape index (κ1) is 13.3. The van der Waals surface area contributed by atoms with Crippen molar-refractivity contribution in [2.75, 3.05) is 19.8 Å². The Labute approximate surface area is 107 Å². The number of rotatable bonds is 5. The molecule has 1 N–H and O–H groups in total. The fourth-order valence-corrected chi connectivity index (χ4v) is 2.60. The third kappa shape index (κ3) is 3.22. The molecule has 5 heteroatoms. The van der Waals surface area contributed by atoms with E-state index in [1.165, 1.54) is 0 Å². The van der Waals surface area contributed by atoms with E-state index in [1.807, 2.05) is 6.92 Å². The van der Waals surface area contributed by atoms with Crippen molar-refractivity contribution in [1.29, 1.82) is 0 Å². The van der Waals surface area contributed by atoms with Gasteiger partial charge in [-0.15, -0.1) is 0 Å². The maximum atomic E-state index is 12.4. The van der Waals surface area contributed by atoms with E-state index in [-0.39, 0.29) is 24.4 Å². The van der Waals surface area contributed by atoms with Gasteiger partial charge < -0.3 is 14.7 Å². The zero-order valence-corrected chi connectivity index (χ0v) is 10.8. The highest BCUT2D eigenvalue weighted by Crippen LogP contribution is 2.31. The van der Waals surface area contributed by atoms with Crippen molar-refractivity contribution >= 4 is 11.9 Å². The molecule has 0 spiro atoms. The zero-order valence-electron chi connectivity index (χ0n) is 10.8. The second kappa shape index (κ2) is 5.69. The molecule has 2 aliphatic rings. The summed E-state index contributed by atoms with van der Waals surface area (Å²) in [6, 6.07) is 0.163. The van der Waals surface area contributed by atoms with Crippen LogP contribution in [0.1, 0.15) is 32.6 Å². The highest BCUT2D eigenvalue weighted by molar-refractivity contribution is 5.83. The van der Waals surface area contributed by atoms with Gasteiger partial charge in [0.25, 0.3) is 0 Å². The molecular formula is C13H21NO4. The molecule has 1 aliphatic carbocycles.